The van der Waals surface area contributed by atoms with E-state index in [0.717, 1.165) is 17.7 Å². The highest BCUT2D eigenvalue weighted by molar-refractivity contribution is 7.99. The summed E-state index contributed by atoms with van der Waals surface area (Å²) in [5.74, 6) is -0.320. The summed E-state index contributed by atoms with van der Waals surface area (Å²) in [5, 5.41) is 2.86. The number of rotatable bonds is 2. The highest BCUT2D eigenvalue weighted by Crippen LogP contribution is 2.37. The first kappa shape index (κ1) is 14.1. The topological polar surface area (TPSA) is 29.1 Å². The Balaban J connectivity index is 1.84. The Morgan fingerprint density at radius 3 is 2.81 bits per heavy atom. The third kappa shape index (κ3) is 2.93. The lowest BCUT2D eigenvalue weighted by molar-refractivity contribution is 0.0934. The fourth-order valence-electron chi connectivity index (χ4n) is 2.41. The quantitative estimate of drug-likeness (QED) is 0.911. The molecule has 2 aromatic carbocycles. The minimum absolute atomic E-state index is 0.243. The van der Waals surface area contributed by atoms with Crippen molar-refractivity contribution in [3.05, 3.63) is 65.2 Å². The number of benzene rings is 2. The summed E-state index contributed by atoms with van der Waals surface area (Å²) in [4.78, 5) is 12.8. The Morgan fingerprint density at radius 1 is 1.19 bits per heavy atom. The summed E-state index contributed by atoms with van der Waals surface area (Å²) < 4.78 is 26.9. The van der Waals surface area contributed by atoms with Crippen LogP contribution in [0.3, 0.4) is 0 Å². The maximum atomic E-state index is 13.8. The van der Waals surface area contributed by atoms with Crippen LogP contribution in [0.1, 0.15) is 28.4 Å². The van der Waals surface area contributed by atoms with Crippen molar-refractivity contribution in [1.29, 1.82) is 0 Å². The predicted octanol–water partition coefficient (Wildman–Crippen LogP) is 3.93. The van der Waals surface area contributed by atoms with Crippen LogP contribution >= 0.6 is 11.8 Å². The van der Waals surface area contributed by atoms with Gasteiger partial charge in [-0.25, -0.2) is 8.78 Å². The Kier molecular flexibility index (Phi) is 3.92. The Bertz CT molecular complexity index is 690. The van der Waals surface area contributed by atoms with Crippen molar-refractivity contribution in [2.75, 3.05) is 5.75 Å². The number of carbonyl (C=O) groups excluding carboxylic acids is 1. The second-order valence-electron chi connectivity index (χ2n) is 4.83. The van der Waals surface area contributed by atoms with Crippen LogP contribution < -0.4 is 5.32 Å². The van der Waals surface area contributed by atoms with E-state index in [4.69, 9.17) is 0 Å². The van der Waals surface area contributed by atoms with E-state index in [9.17, 15) is 13.6 Å². The third-order valence-electron chi connectivity index (χ3n) is 3.42. The van der Waals surface area contributed by atoms with Gasteiger partial charge in [-0.1, -0.05) is 18.2 Å². The average molecular weight is 305 g/mol. The molecule has 1 aliphatic rings. The van der Waals surface area contributed by atoms with E-state index in [1.807, 2.05) is 6.07 Å². The summed E-state index contributed by atoms with van der Waals surface area (Å²) in [6.45, 7) is 0. The van der Waals surface area contributed by atoms with Crippen LogP contribution in [0.15, 0.2) is 47.4 Å². The minimum atomic E-state index is -0.451. The van der Waals surface area contributed by atoms with Gasteiger partial charge in [0.2, 0.25) is 0 Å². The molecular weight excluding hydrogens is 292 g/mol. The van der Waals surface area contributed by atoms with Crippen molar-refractivity contribution < 1.29 is 13.6 Å². The van der Waals surface area contributed by atoms with Gasteiger partial charge in [0.15, 0.2) is 0 Å². The van der Waals surface area contributed by atoms with Crippen molar-refractivity contribution >= 4 is 17.7 Å². The molecule has 2 aromatic rings. The van der Waals surface area contributed by atoms with Crippen LogP contribution in [0.25, 0.3) is 0 Å². The number of nitrogens with one attached hydrogen (secondary N) is 1. The SMILES string of the molecule is O=C(N[C@H]1CCSc2c(F)cccc21)c1cccc(F)c1. The number of thioether (sulfide) groups is 1. The Hall–Kier alpha value is -1.88. The highest BCUT2D eigenvalue weighted by atomic mass is 32.2. The molecule has 1 aliphatic heterocycles. The minimum Gasteiger partial charge on any atom is -0.345 e. The number of halogens is 2. The maximum absolute atomic E-state index is 13.8. The van der Waals surface area contributed by atoms with E-state index in [2.05, 4.69) is 5.32 Å². The molecule has 0 spiro atoms. The van der Waals surface area contributed by atoms with Crippen LogP contribution in [0.5, 0.6) is 0 Å². The van der Waals surface area contributed by atoms with Crippen LogP contribution in [0.4, 0.5) is 8.78 Å². The maximum Gasteiger partial charge on any atom is 0.251 e. The van der Waals surface area contributed by atoms with Crippen LogP contribution in [0.2, 0.25) is 0 Å². The Morgan fingerprint density at radius 2 is 2.00 bits per heavy atom. The van der Waals surface area contributed by atoms with Crippen LogP contribution in [0, 0.1) is 11.6 Å². The van der Waals surface area contributed by atoms with E-state index >= 15 is 0 Å². The molecule has 108 valence electrons. The normalized spacial score (nSPS) is 17.1. The van der Waals surface area contributed by atoms with Crippen molar-refractivity contribution in [3.8, 4) is 0 Å². The number of hydrogen-bond acceptors (Lipinski definition) is 2. The van der Waals surface area contributed by atoms with Gasteiger partial charge in [0.25, 0.3) is 5.91 Å². The lowest BCUT2D eigenvalue weighted by atomic mass is 10.0. The summed E-state index contributed by atoms with van der Waals surface area (Å²) in [5.41, 5.74) is 1.06. The predicted molar refractivity (Wildman–Crippen MR) is 78.3 cm³/mol. The molecule has 0 saturated carbocycles. The first-order chi connectivity index (χ1) is 10.1. The molecule has 5 heteroatoms. The molecule has 0 aromatic heterocycles. The number of hydrogen-bond donors (Lipinski definition) is 1. The lowest BCUT2D eigenvalue weighted by Gasteiger charge is -2.26. The molecule has 0 saturated heterocycles. The van der Waals surface area contributed by atoms with Gasteiger partial charge in [-0.2, -0.15) is 0 Å². The molecule has 21 heavy (non-hydrogen) atoms. The van der Waals surface area contributed by atoms with E-state index in [0.29, 0.717) is 4.90 Å². The van der Waals surface area contributed by atoms with Gasteiger partial charge >= 0.3 is 0 Å². The van der Waals surface area contributed by atoms with Gasteiger partial charge in [0.05, 0.1) is 6.04 Å². The molecule has 1 N–H and O–H groups in total. The van der Waals surface area contributed by atoms with E-state index in [1.165, 1.54) is 36.0 Å². The van der Waals surface area contributed by atoms with Crippen molar-refractivity contribution in [2.24, 2.45) is 0 Å². The summed E-state index contributed by atoms with van der Waals surface area (Å²) in [6, 6.07) is 10.2. The monoisotopic (exact) mass is 305 g/mol. The third-order valence-corrected chi connectivity index (χ3v) is 4.58. The summed E-state index contributed by atoms with van der Waals surface area (Å²) in [7, 11) is 0. The molecule has 1 amide bonds. The molecule has 1 heterocycles. The van der Waals surface area contributed by atoms with Gasteiger partial charge in [-0.05, 0) is 36.2 Å². The van der Waals surface area contributed by atoms with E-state index in [1.54, 1.807) is 12.1 Å². The largest absolute Gasteiger partial charge is 0.345 e. The average Bonchev–Trinajstić information content (AvgIpc) is 2.48. The zero-order valence-electron chi connectivity index (χ0n) is 11.1. The molecule has 0 unspecified atom stereocenters. The molecule has 0 fully saturated rings. The molecule has 0 bridgehead atoms. The molecule has 0 aliphatic carbocycles. The van der Waals surface area contributed by atoms with E-state index in [-0.39, 0.29) is 23.3 Å². The van der Waals surface area contributed by atoms with Crippen LogP contribution in [-0.4, -0.2) is 11.7 Å². The van der Waals surface area contributed by atoms with Crippen molar-refractivity contribution in [1.82, 2.24) is 5.32 Å². The molecular formula is C16H13F2NOS. The number of carbonyl (C=O) groups is 1. The fraction of sp³-hybridized carbons (Fsp3) is 0.188. The van der Waals surface area contributed by atoms with Crippen molar-refractivity contribution in [2.45, 2.75) is 17.4 Å². The zero-order valence-corrected chi connectivity index (χ0v) is 11.9. The van der Waals surface area contributed by atoms with E-state index < -0.39 is 5.82 Å². The second kappa shape index (κ2) is 5.85. The van der Waals surface area contributed by atoms with Gasteiger partial charge < -0.3 is 5.32 Å². The smallest absolute Gasteiger partial charge is 0.251 e. The zero-order chi connectivity index (χ0) is 14.8. The summed E-state index contributed by atoms with van der Waals surface area (Å²) in [6.07, 6.45) is 0.724. The molecule has 2 nitrogen and oxygen atoms in total. The molecule has 0 radical (unpaired) electrons. The highest BCUT2D eigenvalue weighted by Gasteiger charge is 2.24. The van der Waals surface area contributed by atoms with Crippen LogP contribution in [-0.2, 0) is 0 Å². The van der Waals surface area contributed by atoms with Gasteiger partial charge in [0.1, 0.15) is 11.6 Å². The fourth-order valence-corrected chi connectivity index (χ4v) is 3.55. The lowest BCUT2D eigenvalue weighted by Crippen LogP contribution is -2.30. The number of amides is 1. The van der Waals surface area contributed by atoms with Crippen molar-refractivity contribution in [3.63, 3.8) is 0 Å². The van der Waals surface area contributed by atoms with Gasteiger partial charge in [-0.15, -0.1) is 11.8 Å². The molecule has 1 atom stereocenters. The van der Waals surface area contributed by atoms with Gasteiger partial charge in [0, 0.05) is 16.2 Å². The molecule has 3 rings (SSSR count). The Labute approximate surface area is 125 Å². The summed E-state index contributed by atoms with van der Waals surface area (Å²) >= 11 is 1.46. The standard InChI is InChI=1S/C16H13F2NOS/c17-11-4-1-3-10(9-11)16(20)19-14-7-8-21-15-12(14)5-2-6-13(15)18/h1-6,9,14H,7-8H2,(H,19,20)/t14-/m0/s1. The second-order valence-corrected chi connectivity index (χ2v) is 5.94. The number of fused-ring (bicyclic) bond motifs is 1. The van der Waals surface area contributed by atoms with Gasteiger partial charge in [-0.3, -0.25) is 4.79 Å². The first-order valence-corrected chi connectivity index (χ1v) is 7.61. The first-order valence-electron chi connectivity index (χ1n) is 6.63.